The molecule has 0 amide bonds. The average Bonchev–Trinajstić information content (AvgIpc) is 3.28. The Hall–Kier alpha value is -1.77. The van der Waals surface area contributed by atoms with Crippen LogP contribution >= 0.6 is 23.7 Å². The zero-order valence-corrected chi connectivity index (χ0v) is 17.9. The number of aromatic nitrogens is 6. The van der Waals surface area contributed by atoms with Crippen LogP contribution in [0.2, 0.25) is 0 Å². The van der Waals surface area contributed by atoms with Crippen molar-refractivity contribution >= 4 is 45.4 Å². The molecule has 1 aliphatic rings. The Balaban J connectivity index is 0.00000180. The second kappa shape index (κ2) is 6.12. The topological polar surface area (TPSA) is 63.6 Å². The first-order valence-electron chi connectivity index (χ1n) is 9.21. The van der Waals surface area contributed by atoms with Crippen molar-refractivity contribution in [2.45, 2.75) is 59.0 Å². The summed E-state index contributed by atoms with van der Waals surface area (Å²) in [6.07, 6.45) is 2.68. The molecule has 0 saturated heterocycles. The third-order valence-electron chi connectivity index (χ3n) is 5.80. The van der Waals surface area contributed by atoms with Gasteiger partial charge in [-0.3, -0.25) is 9.30 Å². The molecule has 5 rings (SSSR count). The Kier molecular flexibility index (Phi) is 4.21. The molecular weight excluding hydrogens is 382 g/mol. The number of fused-ring (bicyclic) bond motifs is 8. The first-order chi connectivity index (χ1) is 12.5. The van der Waals surface area contributed by atoms with Crippen molar-refractivity contribution in [3.05, 3.63) is 22.1 Å². The molecule has 5 heterocycles. The van der Waals surface area contributed by atoms with Crippen LogP contribution in [-0.4, -0.2) is 46.7 Å². The van der Waals surface area contributed by atoms with E-state index in [1.165, 1.54) is 20.7 Å². The number of hydrogen-bond acceptors (Lipinski definition) is 6. The van der Waals surface area contributed by atoms with E-state index in [1.807, 2.05) is 11.3 Å². The second-order valence-electron chi connectivity index (χ2n) is 7.76. The predicted octanol–water partition coefficient (Wildman–Crippen LogP) is 3.30. The molecule has 7 nitrogen and oxygen atoms in total. The Morgan fingerprint density at radius 1 is 1.00 bits per heavy atom. The van der Waals surface area contributed by atoms with E-state index >= 15 is 0 Å². The number of hydrogen-bond donors (Lipinski definition) is 0. The van der Waals surface area contributed by atoms with Crippen molar-refractivity contribution in [1.82, 2.24) is 34.1 Å². The van der Waals surface area contributed by atoms with Crippen LogP contribution in [-0.2, 0) is 25.8 Å². The SMILES string of the molecule is CCc1nnc2c3c4c(sc3n3c(CC)nnc3n12)CN(C)C(C)(C)C4.Cl. The summed E-state index contributed by atoms with van der Waals surface area (Å²) >= 11 is 1.86. The van der Waals surface area contributed by atoms with Gasteiger partial charge in [0.05, 0.1) is 5.39 Å². The summed E-state index contributed by atoms with van der Waals surface area (Å²) in [6, 6.07) is 0. The monoisotopic (exact) mass is 405 g/mol. The molecule has 0 spiro atoms. The molecule has 4 aromatic heterocycles. The Labute approximate surface area is 167 Å². The van der Waals surface area contributed by atoms with E-state index in [4.69, 9.17) is 0 Å². The minimum Gasteiger partial charge on any atom is -0.296 e. The summed E-state index contributed by atoms with van der Waals surface area (Å²) in [5.74, 6) is 2.76. The lowest BCUT2D eigenvalue weighted by molar-refractivity contribution is 0.136. The fourth-order valence-electron chi connectivity index (χ4n) is 4.00. The quantitative estimate of drug-likeness (QED) is 0.512. The van der Waals surface area contributed by atoms with Gasteiger partial charge in [0.1, 0.15) is 16.5 Å². The molecule has 0 radical (unpaired) electrons. The van der Waals surface area contributed by atoms with Crippen LogP contribution in [0.25, 0.3) is 21.6 Å². The summed E-state index contributed by atoms with van der Waals surface area (Å²) in [5, 5.41) is 19.2. The number of halogens is 1. The number of thiophene rings is 1. The number of aryl methyl sites for hydroxylation is 2. The Morgan fingerprint density at radius 3 is 2.37 bits per heavy atom. The van der Waals surface area contributed by atoms with Gasteiger partial charge in [-0.2, -0.15) is 0 Å². The molecule has 0 fully saturated rings. The normalized spacial score (nSPS) is 16.9. The van der Waals surface area contributed by atoms with Gasteiger partial charge in [-0.1, -0.05) is 13.8 Å². The lowest BCUT2D eigenvalue weighted by atomic mass is 9.88. The minimum atomic E-state index is 0. The lowest BCUT2D eigenvalue weighted by Gasteiger charge is -2.39. The van der Waals surface area contributed by atoms with Crippen LogP contribution in [0.1, 0.15) is 49.8 Å². The zero-order chi connectivity index (χ0) is 18.2. The fourth-order valence-corrected chi connectivity index (χ4v) is 5.39. The highest BCUT2D eigenvalue weighted by atomic mass is 35.5. The summed E-state index contributed by atoms with van der Waals surface area (Å²) in [4.78, 5) is 5.07. The molecule has 0 aromatic carbocycles. The van der Waals surface area contributed by atoms with Crippen molar-refractivity contribution < 1.29 is 0 Å². The maximum atomic E-state index is 4.57. The molecule has 0 unspecified atom stereocenters. The molecule has 9 heteroatoms. The van der Waals surface area contributed by atoms with E-state index in [1.54, 1.807) is 0 Å². The smallest absolute Gasteiger partial charge is 0.244 e. The molecule has 0 bridgehead atoms. The first-order valence-corrected chi connectivity index (χ1v) is 10.0. The van der Waals surface area contributed by atoms with Crippen LogP contribution < -0.4 is 0 Å². The molecule has 0 N–H and O–H groups in total. The lowest BCUT2D eigenvalue weighted by Crippen LogP contribution is -2.45. The van der Waals surface area contributed by atoms with Gasteiger partial charge < -0.3 is 0 Å². The first kappa shape index (κ1) is 18.6. The summed E-state index contributed by atoms with van der Waals surface area (Å²) in [7, 11) is 2.21. The third kappa shape index (κ3) is 2.36. The molecule has 0 atom stereocenters. The maximum absolute atomic E-state index is 4.57. The van der Waals surface area contributed by atoms with E-state index in [0.29, 0.717) is 0 Å². The van der Waals surface area contributed by atoms with E-state index in [-0.39, 0.29) is 17.9 Å². The van der Waals surface area contributed by atoms with Gasteiger partial charge in [0.15, 0.2) is 5.65 Å². The highest BCUT2D eigenvalue weighted by molar-refractivity contribution is 7.19. The van der Waals surface area contributed by atoms with Crippen molar-refractivity contribution in [3.63, 3.8) is 0 Å². The molecule has 4 aromatic rings. The number of nitrogens with zero attached hydrogens (tertiary/aromatic N) is 7. The van der Waals surface area contributed by atoms with E-state index in [0.717, 1.165) is 48.9 Å². The highest BCUT2D eigenvalue weighted by Gasteiger charge is 2.34. The van der Waals surface area contributed by atoms with Gasteiger partial charge in [0, 0.05) is 29.8 Å². The second-order valence-corrected chi connectivity index (χ2v) is 8.85. The standard InChI is InChI=1S/C18H23N7S.ClH/c1-6-12-19-21-15-14-10-8-18(3,4)23(5)9-11(10)26-16(14)25-13(7-2)20-22-17(25)24(12)15;/h6-9H2,1-5H3;1H. The Bertz CT molecular complexity index is 1170. The summed E-state index contributed by atoms with van der Waals surface area (Å²) in [5.41, 5.74) is 2.48. The molecule has 0 aliphatic carbocycles. The van der Waals surface area contributed by atoms with Crippen molar-refractivity contribution in [3.8, 4) is 0 Å². The maximum Gasteiger partial charge on any atom is 0.244 e. The van der Waals surface area contributed by atoms with Gasteiger partial charge in [-0.25, -0.2) is 4.40 Å². The van der Waals surface area contributed by atoms with Gasteiger partial charge >= 0.3 is 0 Å². The van der Waals surface area contributed by atoms with Gasteiger partial charge in [-0.05, 0) is 32.9 Å². The fraction of sp³-hybridized carbons (Fsp3) is 0.556. The number of rotatable bonds is 2. The van der Waals surface area contributed by atoms with Crippen LogP contribution in [0, 0.1) is 0 Å². The van der Waals surface area contributed by atoms with Crippen LogP contribution in [0.15, 0.2) is 0 Å². The van der Waals surface area contributed by atoms with Crippen LogP contribution in [0.4, 0.5) is 0 Å². The van der Waals surface area contributed by atoms with E-state index in [9.17, 15) is 0 Å². The summed E-state index contributed by atoms with van der Waals surface area (Å²) in [6.45, 7) is 9.83. The van der Waals surface area contributed by atoms with E-state index in [2.05, 4.69) is 68.8 Å². The van der Waals surface area contributed by atoms with Gasteiger partial charge in [0.25, 0.3) is 0 Å². The van der Waals surface area contributed by atoms with Crippen molar-refractivity contribution in [2.75, 3.05) is 7.05 Å². The highest BCUT2D eigenvalue weighted by Crippen LogP contribution is 2.41. The average molecular weight is 406 g/mol. The molecule has 144 valence electrons. The molecule has 27 heavy (non-hydrogen) atoms. The van der Waals surface area contributed by atoms with Crippen LogP contribution in [0.5, 0.6) is 0 Å². The minimum absolute atomic E-state index is 0. The largest absolute Gasteiger partial charge is 0.296 e. The Morgan fingerprint density at radius 2 is 1.67 bits per heavy atom. The van der Waals surface area contributed by atoms with Gasteiger partial charge in [-0.15, -0.1) is 44.1 Å². The van der Waals surface area contributed by atoms with Gasteiger partial charge in [0.2, 0.25) is 5.78 Å². The number of likely N-dealkylation sites (N-methyl/N-ethyl adjacent to an activating group) is 1. The van der Waals surface area contributed by atoms with Crippen molar-refractivity contribution in [1.29, 1.82) is 0 Å². The molecule has 1 aliphatic heterocycles. The van der Waals surface area contributed by atoms with E-state index < -0.39 is 0 Å². The zero-order valence-electron chi connectivity index (χ0n) is 16.3. The predicted molar refractivity (Wildman–Crippen MR) is 110 cm³/mol. The third-order valence-corrected chi connectivity index (χ3v) is 7.00. The van der Waals surface area contributed by atoms with Crippen LogP contribution in [0.3, 0.4) is 0 Å². The summed E-state index contributed by atoms with van der Waals surface area (Å²) < 4.78 is 4.33. The molecular formula is C18H24ClN7S. The molecule has 0 saturated carbocycles. The van der Waals surface area contributed by atoms with Crippen molar-refractivity contribution in [2.24, 2.45) is 0 Å².